The molecule has 0 heterocycles. The molecule has 0 aliphatic heterocycles. The number of hydroxylamine groups is 2. The van der Waals surface area contributed by atoms with Crippen molar-refractivity contribution < 1.29 is 28.7 Å². The lowest BCUT2D eigenvalue weighted by molar-refractivity contribution is -0.184. The highest BCUT2D eigenvalue weighted by atomic mass is 16.7. The number of likely N-dealkylation sites (N-methyl/N-ethyl adjacent to an activating group) is 1. The van der Waals surface area contributed by atoms with Crippen LogP contribution in [0.1, 0.15) is 17.0 Å². The Morgan fingerprint density at radius 3 is 2.17 bits per heavy atom. The molecule has 1 aromatic carbocycles. The fraction of sp³-hybridized carbons (Fsp3) is 0.438. The highest BCUT2D eigenvalue weighted by Gasteiger charge is 2.62. The third kappa shape index (κ3) is 2.46. The van der Waals surface area contributed by atoms with E-state index in [1.807, 2.05) is 0 Å². The maximum Gasteiger partial charge on any atom is 0.324 e. The molecule has 0 fully saturated rings. The van der Waals surface area contributed by atoms with Crippen LogP contribution in [0, 0.1) is 5.41 Å². The molecule has 23 heavy (non-hydrogen) atoms. The van der Waals surface area contributed by atoms with Gasteiger partial charge < -0.3 is 9.47 Å². The Morgan fingerprint density at radius 1 is 1.09 bits per heavy atom. The lowest BCUT2D eigenvalue weighted by atomic mass is 9.75. The monoisotopic (exact) mass is 321 g/mol. The van der Waals surface area contributed by atoms with Gasteiger partial charge in [-0.15, -0.1) is 0 Å². The van der Waals surface area contributed by atoms with Crippen LogP contribution in [0.4, 0.5) is 0 Å². The largest absolute Gasteiger partial charge is 0.468 e. The molecule has 1 atom stereocenters. The van der Waals surface area contributed by atoms with Crippen LogP contribution >= 0.6 is 0 Å². The summed E-state index contributed by atoms with van der Waals surface area (Å²) >= 11 is 0. The molecule has 0 bridgehead atoms. The van der Waals surface area contributed by atoms with Crippen molar-refractivity contribution >= 4 is 17.8 Å². The minimum Gasteiger partial charge on any atom is -0.468 e. The second kappa shape index (κ2) is 6.37. The molecule has 0 radical (unpaired) electrons. The van der Waals surface area contributed by atoms with Crippen molar-refractivity contribution in [3.05, 3.63) is 35.4 Å². The van der Waals surface area contributed by atoms with Crippen LogP contribution in [-0.2, 0) is 35.1 Å². The zero-order valence-electron chi connectivity index (χ0n) is 13.5. The zero-order valence-corrected chi connectivity index (χ0v) is 13.5. The van der Waals surface area contributed by atoms with Crippen LogP contribution in [0.25, 0.3) is 0 Å². The number of benzene rings is 1. The van der Waals surface area contributed by atoms with Gasteiger partial charge in [0.25, 0.3) is 5.91 Å². The van der Waals surface area contributed by atoms with Crippen LogP contribution in [0.3, 0.4) is 0 Å². The summed E-state index contributed by atoms with van der Waals surface area (Å²) < 4.78 is 9.67. The fourth-order valence-electron chi connectivity index (χ4n) is 3.09. The third-order valence-corrected chi connectivity index (χ3v) is 4.26. The average molecular weight is 321 g/mol. The molecule has 2 rings (SSSR count). The highest BCUT2D eigenvalue weighted by molar-refractivity contribution is 6.08. The van der Waals surface area contributed by atoms with E-state index in [1.54, 1.807) is 24.3 Å². The van der Waals surface area contributed by atoms with Crippen LogP contribution in [-0.4, -0.2) is 51.3 Å². The first-order chi connectivity index (χ1) is 10.9. The minimum atomic E-state index is -1.75. The molecule has 0 unspecified atom stereocenters. The quantitative estimate of drug-likeness (QED) is 0.461. The first-order valence-electron chi connectivity index (χ1n) is 7.00. The molecule has 1 aliphatic carbocycles. The number of nitrogens with zero attached hydrogens (tertiary/aromatic N) is 1. The first kappa shape index (κ1) is 17.0. The number of esters is 2. The molecule has 7 nitrogen and oxygen atoms in total. The Labute approximate surface area is 134 Å². The summed E-state index contributed by atoms with van der Waals surface area (Å²) in [5.41, 5.74) is -0.430. The lowest BCUT2D eigenvalue weighted by Crippen LogP contribution is -2.49. The zero-order chi connectivity index (χ0) is 17.2. The molecule has 1 amide bonds. The Bertz CT molecular complexity index is 625. The van der Waals surface area contributed by atoms with Gasteiger partial charge in [0.1, 0.15) is 0 Å². The predicted octanol–water partition coefficient (Wildman–Crippen LogP) is 0.678. The molecule has 0 aromatic heterocycles. The van der Waals surface area contributed by atoms with Gasteiger partial charge >= 0.3 is 11.9 Å². The van der Waals surface area contributed by atoms with Gasteiger partial charge in [0, 0.05) is 13.5 Å². The van der Waals surface area contributed by atoms with E-state index >= 15 is 0 Å². The van der Waals surface area contributed by atoms with E-state index in [0.717, 1.165) is 10.6 Å². The van der Waals surface area contributed by atoms with Crippen molar-refractivity contribution in [1.29, 1.82) is 0 Å². The molecule has 0 saturated heterocycles. The highest BCUT2D eigenvalue weighted by Crippen LogP contribution is 2.49. The first-order valence-corrected chi connectivity index (χ1v) is 7.00. The molecular weight excluding hydrogens is 302 g/mol. The number of ether oxygens (including phenoxy) is 2. The van der Waals surface area contributed by atoms with Crippen LogP contribution < -0.4 is 0 Å². The van der Waals surface area contributed by atoms with Gasteiger partial charge in [-0.25, -0.2) is 5.06 Å². The molecule has 124 valence electrons. The summed E-state index contributed by atoms with van der Waals surface area (Å²) in [4.78, 5) is 42.7. The van der Waals surface area contributed by atoms with Crippen LogP contribution in [0.5, 0.6) is 0 Å². The summed E-state index contributed by atoms with van der Waals surface area (Å²) in [7, 11) is 5.11. The number of amides is 1. The summed E-state index contributed by atoms with van der Waals surface area (Å²) in [5.74, 6) is -3.19. The van der Waals surface area contributed by atoms with E-state index in [-0.39, 0.29) is 6.42 Å². The number of fused-ring (bicyclic) bond motifs is 1. The number of hydrogen-bond donors (Lipinski definition) is 0. The van der Waals surface area contributed by atoms with Crippen LogP contribution in [0.15, 0.2) is 24.3 Å². The van der Waals surface area contributed by atoms with E-state index in [2.05, 4.69) is 0 Å². The molecule has 1 aliphatic rings. The van der Waals surface area contributed by atoms with Crippen molar-refractivity contribution in [3.8, 4) is 0 Å². The normalized spacial score (nSPS) is 18.0. The molecular formula is C16H19NO6. The topological polar surface area (TPSA) is 82.1 Å². The standard InChI is InChI=1S/C16H19NO6/c1-17(23-4)13(18)12-11-8-6-5-7-10(11)9-16(12,14(19)21-2)15(20)22-3/h5-8,12H,9H2,1-4H3/t12-/m0/s1. The smallest absolute Gasteiger partial charge is 0.324 e. The molecule has 0 saturated carbocycles. The fourth-order valence-corrected chi connectivity index (χ4v) is 3.09. The van der Waals surface area contributed by atoms with Gasteiger partial charge in [0.15, 0.2) is 5.41 Å². The summed E-state index contributed by atoms with van der Waals surface area (Å²) in [6.45, 7) is 0. The molecule has 1 aromatic rings. The number of carbonyl (C=O) groups excluding carboxylic acids is 3. The van der Waals surface area contributed by atoms with E-state index in [1.165, 1.54) is 28.4 Å². The van der Waals surface area contributed by atoms with E-state index in [4.69, 9.17) is 14.3 Å². The molecule has 7 heteroatoms. The van der Waals surface area contributed by atoms with Gasteiger partial charge in [-0.1, -0.05) is 24.3 Å². The van der Waals surface area contributed by atoms with Crippen molar-refractivity contribution in [3.63, 3.8) is 0 Å². The second-order valence-electron chi connectivity index (χ2n) is 5.28. The number of methoxy groups -OCH3 is 2. The maximum atomic E-state index is 12.8. The third-order valence-electron chi connectivity index (χ3n) is 4.26. The van der Waals surface area contributed by atoms with Gasteiger partial charge in [-0.2, -0.15) is 0 Å². The Morgan fingerprint density at radius 2 is 1.65 bits per heavy atom. The molecule has 0 spiro atoms. The summed E-state index contributed by atoms with van der Waals surface area (Å²) in [5, 5.41) is 0.993. The Balaban J connectivity index is 2.67. The van der Waals surface area contributed by atoms with E-state index in [9.17, 15) is 14.4 Å². The Kier molecular flexibility index (Phi) is 4.70. The van der Waals surface area contributed by atoms with Crippen molar-refractivity contribution in [2.24, 2.45) is 5.41 Å². The molecule has 0 N–H and O–H groups in total. The predicted molar refractivity (Wildman–Crippen MR) is 79.1 cm³/mol. The van der Waals surface area contributed by atoms with Gasteiger partial charge in [0.2, 0.25) is 0 Å². The summed E-state index contributed by atoms with van der Waals surface area (Å²) in [6.07, 6.45) is 0.0382. The maximum absolute atomic E-state index is 12.8. The van der Waals surface area contributed by atoms with Crippen molar-refractivity contribution in [2.75, 3.05) is 28.4 Å². The van der Waals surface area contributed by atoms with Gasteiger partial charge in [-0.3, -0.25) is 19.2 Å². The number of rotatable bonds is 4. The second-order valence-corrected chi connectivity index (χ2v) is 5.28. The average Bonchev–Trinajstić information content (AvgIpc) is 2.94. The summed E-state index contributed by atoms with van der Waals surface area (Å²) in [6, 6.07) is 7.02. The van der Waals surface area contributed by atoms with Crippen molar-refractivity contribution in [1.82, 2.24) is 5.06 Å². The van der Waals surface area contributed by atoms with Gasteiger partial charge in [0.05, 0.1) is 27.2 Å². The SMILES string of the molecule is COC(=O)C1(C(=O)OC)Cc2ccccc2[C@H]1C(=O)N(C)OC. The van der Waals surface area contributed by atoms with E-state index in [0.29, 0.717) is 5.56 Å². The lowest BCUT2D eigenvalue weighted by Gasteiger charge is -2.31. The number of carbonyl (C=O) groups is 3. The van der Waals surface area contributed by atoms with Crippen LogP contribution in [0.2, 0.25) is 0 Å². The number of hydrogen-bond acceptors (Lipinski definition) is 6. The van der Waals surface area contributed by atoms with Gasteiger partial charge in [-0.05, 0) is 11.1 Å². The van der Waals surface area contributed by atoms with E-state index < -0.39 is 29.2 Å². The van der Waals surface area contributed by atoms with Crippen molar-refractivity contribution in [2.45, 2.75) is 12.3 Å². The Hall–Kier alpha value is -2.41. The minimum absolute atomic E-state index is 0.0382.